The van der Waals surface area contributed by atoms with Gasteiger partial charge >= 0.3 is 6.03 Å². The van der Waals surface area contributed by atoms with E-state index in [1.807, 2.05) is 13.0 Å². The quantitative estimate of drug-likeness (QED) is 0.807. The number of rotatable bonds is 4. The first-order chi connectivity index (χ1) is 13.3. The minimum absolute atomic E-state index is 0.0862. The standard InChI is InChI=1S/C20H23Cl2N3O3/c1-13(11-15-4-5-16(21)12-17(15)22)23-20(27)25-9-7-24(8-10-25)19(26)18-6-3-14(2)28-18/h3-6,12-13H,7-11H2,1-2H3,(H,23,27). The van der Waals surface area contributed by atoms with Crippen LogP contribution in [0.2, 0.25) is 10.0 Å². The summed E-state index contributed by atoms with van der Waals surface area (Å²) in [5.41, 5.74) is 0.933. The molecule has 0 bridgehead atoms. The summed E-state index contributed by atoms with van der Waals surface area (Å²) in [6.07, 6.45) is 0.609. The molecule has 1 fully saturated rings. The van der Waals surface area contributed by atoms with E-state index in [0.717, 1.165) is 5.56 Å². The fraction of sp³-hybridized carbons (Fsp3) is 0.400. The molecule has 1 aliphatic heterocycles. The molecule has 1 unspecified atom stereocenters. The molecule has 1 N–H and O–H groups in total. The monoisotopic (exact) mass is 423 g/mol. The zero-order valence-electron chi connectivity index (χ0n) is 15.9. The number of halogens is 2. The Hall–Kier alpha value is -2.18. The molecule has 8 heteroatoms. The van der Waals surface area contributed by atoms with Crippen molar-refractivity contribution in [1.29, 1.82) is 0 Å². The van der Waals surface area contributed by atoms with Crippen LogP contribution in [0.1, 0.15) is 28.8 Å². The van der Waals surface area contributed by atoms with Crippen LogP contribution in [0.4, 0.5) is 4.79 Å². The van der Waals surface area contributed by atoms with E-state index in [1.54, 1.807) is 41.0 Å². The lowest BCUT2D eigenvalue weighted by atomic mass is 10.1. The first-order valence-electron chi connectivity index (χ1n) is 9.18. The second kappa shape index (κ2) is 8.88. The van der Waals surface area contributed by atoms with Crippen molar-refractivity contribution in [2.75, 3.05) is 26.2 Å². The Morgan fingerprint density at radius 1 is 1.11 bits per heavy atom. The Kier molecular flexibility index (Phi) is 6.52. The Morgan fingerprint density at radius 3 is 2.39 bits per heavy atom. The third-order valence-corrected chi connectivity index (χ3v) is 5.30. The lowest BCUT2D eigenvalue weighted by molar-refractivity contribution is 0.0631. The van der Waals surface area contributed by atoms with Gasteiger partial charge in [0.05, 0.1) is 0 Å². The summed E-state index contributed by atoms with van der Waals surface area (Å²) >= 11 is 12.1. The number of furan rings is 1. The van der Waals surface area contributed by atoms with Crippen molar-refractivity contribution in [3.8, 4) is 0 Å². The molecular formula is C20H23Cl2N3O3. The van der Waals surface area contributed by atoms with Gasteiger partial charge in [-0.25, -0.2) is 4.79 Å². The van der Waals surface area contributed by atoms with E-state index in [-0.39, 0.29) is 18.0 Å². The molecule has 6 nitrogen and oxygen atoms in total. The molecule has 150 valence electrons. The molecule has 3 amide bonds. The molecule has 3 rings (SSSR count). The highest BCUT2D eigenvalue weighted by atomic mass is 35.5. The fourth-order valence-corrected chi connectivity index (χ4v) is 3.67. The van der Waals surface area contributed by atoms with E-state index in [0.29, 0.717) is 54.2 Å². The van der Waals surface area contributed by atoms with Crippen molar-refractivity contribution in [2.24, 2.45) is 0 Å². The van der Waals surface area contributed by atoms with Crippen LogP contribution in [0, 0.1) is 6.92 Å². The van der Waals surface area contributed by atoms with E-state index >= 15 is 0 Å². The van der Waals surface area contributed by atoms with Gasteiger partial charge in [0, 0.05) is 42.3 Å². The zero-order valence-corrected chi connectivity index (χ0v) is 17.4. The number of aryl methyl sites for hydroxylation is 1. The molecule has 0 saturated carbocycles. The third-order valence-electron chi connectivity index (χ3n) is 4.72. The Labute approximate surface area is 174 Å². The summed E-state index contributed by atoms with van der Waals surface area (Å²) in [5, 5.41) is 4.17. The molecule has 1 aromatic carbocycles. The van der Waals surface area contributed by atoms with Gasteiger partial charge in [-0.1, -0.05) is 29.3 Å². The van der Waals surface area contributed by atoms with Gasteiger partial charge in [-0.05, 0) is 50.1 Å². The Balaban J connectivity index is 1.48. The molecular weight excluding hydrogens is 401 g/mol. The molecule has 0 radical (unpaired) electrons. The van der Waals surface area contributed by atoms with Crippen molar-refractivity contribution < 1.29 is 14.0 Å². The molecule has 0 spiro atoms. The minimum atomic E-state index is -0.140. The summed E-state index contributed by atoms with van der Waals surface area (Å²) in [4.78, 5) is 28.4. The molecule has 0 aliphatic carbocycles. The number of carbonyl (C=O) groups excluding carboxylic acids is 2. The molecule has 1 saturated heterocycles. The van der Waals surface area contributed by atoms with E-state index in [2.05, 4.69) is 5.32 Å². The summed E-state index contributed by atoms with van der Waals surface area (Å²) < 4.78 is 5.40. The van der Waals surface area contributed by atoms with Crippen molar-refractivity contribution in [3.05, 3.63) is 57.5 Å². The summed E-state index contributed by atoms with van der Waals surface area (Å²) in [6.45, 7) is 5.64. The first kappa shape index (κ1) is 20.6. The lowest BCUT2D eigenvalue weighted by Gasteiger charge is -2.35. The highest BCUT2D eigenvalue weighted by Gasteiger charge is 2.26. The number of benzene rings is 1. The van der Waals surface area contributed by atoms with Gasteiger partial charge in [-0.2, -0.15) is 0 Å². The summed E-state index contributed by atoms with van der Waals surface area (Å²) in [6, 6.07) is 8.58. The number of nitrogens with zero attached hydrogens (tertiary/aromatic N) is 2. The number of hydrogen-bond acceptors (Lipinski definition) is 3. The van der Waals surface area contributed by atoms with E-state index < -0.39 is 0 Å². The summed E-state index contributed by atoms with van der Waals surface area (Å²) in [7, 11) is 0. The minimum Gasteiger partial charge on any atom is -0.456 e. The molecule has 1 aliphatic rings. The number of amides is 3. The van der Waals surface area contributed by atoms with Crippen LogP contribution >= 0.6 is 23.2 Å². The molecule has 1 aromatic heterocycles. The Morgan fingerprint density at radius 2 is 1.79 bits per heavy atom. The maximum Gasteiger partial charge on any atom is 0.317 e. The number of carbonyl (C=O) groups is 2. The Bertz CT molecular complexity index is 860. The van der Waals surface area contributed by atoms with Crippen LogP contribution in [-0.4, -0.2) is 54.0 Å². The fourth-order valence-electron chi connectivity index (χ4n) is 3.19. The largest absolute Gasteiger partial charge is 0.456 e. The van der Waals surface area contributed by atoms with E-state index in [1.165, 1.54) is 0 Å². The second-order valence-electron chi connectivity index (χ2n) is 6.98. The van der Waals surface area contributed by atoms with Crippen molar-refractivity contribution in [3.63, 3.8) is 0 Å². The smallest absolute Gasteiger partial charge is 0.317 e. The maximum atomic E-state index is 12.5. The van der Waals surface area contributed by atoms with Gasteiger partial charge in [-0.3, -0.25) is 4.79 Å². The third kappa shape index (κ3) is 5.00. The van der Waals surface area contributed by atoms with Gasteiger partial charge in [0.1, 0.15) is 5.76 Å². The van der Waals surface area contributed by atoms with Gasteiger partial charge < -0.3 is 19.5 Å². The molecule has 28 heavy (non-hydrogen) atoms. The summed E-state index contributed by atoms with van der Waals surface area (Å²) in [5.74, 6) is 0.902. The van der Waals surface area contributed by atoms with Crippen LogP contribution in [0.5, 0.6) is 0 Å². The highest BCUT2D eigenvalue weighted by Crippen LogP contribution is 2.22. The van der Waals surface area contributed by atoms with Crippen molar-refractivity contribution in [1.82, 2.24) is 15.1 Å². The maximum absolute atomic E-state index is 12.5. The number of nitrogens with one attached hydrogen (secondary N) is 1. The van der Waals surface area contributed by atoms with Gasteiger partial charge in [-0.15, -0.1) is 0 Å². The predicted molar refractivity (Wildman–Crippen MR) is 109 cm³/mol. The average Bonchev–Trinajstić information content (AvgIpc) is 3.10. The molecule has 2 aromatic rings. The van der Waals surface area contributed by atoms with Crippen molar-refractivity contribution in [2.45, 2.75) is 26.3 Å². The van der Waals surface area contributed by atoms with Crippen LogP contribution in [0.3, 0.4) is 0 Å². The zero-order chi connectivity index (χ0) is 20.3. The number of urea groups is 1. The van der Waals surface area contributed by atoms with Gasteiger partial charge in [0.15, 0.2) is 5.76 Å². The van der Waals surface area contributed by atoms with Crippen LogP contribution in [-0.2, 0) is 6.42 Å². The SMILES string of the molecule is Cc1ccc(C(=O)N2CCN(C(=O)NC(C)Cc3ccc(Cl)cc3Cl)CC2)o1. The van der Waals surface area contributed by atoms with Crippen LogP contribution < -0.4 is 5.32 Å². The lowest BCUT2D eigenvalue weighted by Crippen LogP contribution is -2.54. The second-order valence-corrected chi connectivity index (χ2v) is 7.82. The van der Waals surface area contributed by atoms with E-state index in [4.69, 9.17) is 27.6 Å². The number of piperazine rings is 1. The van der Waals surface area contributed by atoms with Crippen molar-refractivity contribution >= 4 is 35.1 Å². The van der Waals surface area contributed by atoms with Crippen LogP contribution in [0.25, 0.3) is 0 Å². The highest BCUT2D eigenvalue weighted by molar-refractivity contribution is 6.35. The van der Waals surface area contributed by atoms with E-state index in [9.17, 15) is 9.59 Å². The van der Waals surface area contributed by atoms with Crippen LogP contribution in [0.15, 0.2) is 34.7 Å². The normalized spacial score (nSPS) is 15.4. The van der Waals surface area contributed by atoms with Gasteiger partial charge in [0.2, 0.25) is 0 Å². The first-order valence-corrected chi connectivity index (χ1v) is 9.94. The average molecular weight is 424 g/mol. The number of hydrogen-bond donors (Lipinski definition) is 1. The molecule has 1 atom stereocenters. The van der Waals surface area contributed by atoms with Gasteiger partial charge in [0.25, 0.3) is 5.91 Å². The molecule has 2 heterocycles. The predicted octanol–water partition coefficient (Wildman–Crippen LogP) is 3.99. The topological polar surface area (TPSA) is 65.8 Å².